The maximum Gasteiger partial charge on any atom is 0.243 e. The van der Waals surface area contributed by atoms with Crippen LogP contribution in [0.4, 0.5) is 0 Å². The predicted octanol–water partition coefficient (Wildman–Crippen LogP) is 1.67. The van der Waals surface area contributed by atoms with E-state index in [1.807, 2.05) is 60.7 Å². The van der Waals surface area contributed by atoms with Crippen LogP contribution < -0.4 is 5.32 Å². The van der Waals surface area contributed by atoms with E-state index < -0.39 is 22.0 Å². The molecule has 0 radical (unpaired) electrons. The van der Waals surface area contributed by atoms with E-state index in [9.17, 15) is 18.0 Å². The maximum absolute atomic E-state index is 13.3. The van der Waals surface area contributed by atoms with Crippen molar-refractivity contribution in [2.24, 2.45) is 0 Å². The number of carbonyl (C=O) groups is 2. The van der Waals surface area contributed by atoms with Crippen LogP contribution in [0.15, 0.2) is 60.7 Å². The normalized spacial score (nSPS) is 12.4. The lowest BCUT2D eigenvalue weighted by atomic mass is 10.0. The fourth-order valence-electron chi connectivity index (χ4n) is 3.28. The molecule has 0 aliphatic carbocycles. The Bertz CT molecular complexity index is 984. The molecule has 0 fully saturated rings. The Kier molecular flexibility index (Phi) is 10.5. The van der Waals surface area contributed by atoms with Crippen molar-refractivity contribution in [1.29, 1.82) is 0 Å². The third kappa shape index (κ3) is 8.95. The number of nitrogens with zero attached hydrogens (tertiary/aromatic N) is 2. The number of likely N-dealkylation sites (N-methyl/N-ethyl adjacent to an activating group) is 1. The Balaban J connectivity index is 2.36. The summed E-state index contributed by atoms with van der Waals surface area (Å²) in [6, 6.07) is 18.0. The Morgan fingerprint density at radius 1 is 1.00 bits per heavy atom. The second-order valence-electron chi connectivity index (χ2n) is 7.87. The molecule has 0 aliphatic heterocycles. The zero-order valence-corrected chi connectivity index (χ0v) is 20.3. The number of benzene rings is 2. The summed E-state index contributed by atoms with van der Waals surface area (Å²) < 4.78 is 29.8. The first-order chi connectivity index (χ1) is 15.7. The molecule has 2 rings (SSSR count). The third-order valence-electron chi connectivity index (χ3n) is 5.22. The molecule has 2 amide bonds. The van der Waals surface area contributed by atoms with Gasteiger partial charge in [0.05, 0.1) is 12.8 Å². The summed E-state index contributed by atoms with van der Waals surface area (Å²) in [5.41, 5.74) is 1.75. The van der Waals surface area contributed by atoms with Gasteiger partial charge in [-0.3, -0.25) is 9.59 Å². The number of hydrogen-bond donors (Lipinski definition) is 1. The maximum atomic E-state index is 13.3. The van der Waals surface area contributed by atoms with Gasteiger partial charge < -0.3 is 15.0 Å². The van der Waals surface area contributed by atoms with Gasteiger partial charge in [-0.2, -0.15) is 4.31 Å². The molecule has 1 N–H and O–H groups in total. The summed E-state index contributed by atoms with van der Waals surface area (Å²) in [4.78, 5) is 28.1. The minimum Gasteiger partial charge on any atom is -0.385 e. The molecule has 0 saturated carbocycles. The number of methoxy groups -OCH3 is 1. The highest BCUT2D eigenvalue weighted by atomic mass is 32.2. The van der Waals surface area contributed by atoms with E-state index in [0.717, 1.165) is 21.7 Å². The molecule has 0 heterocycles. The van der Waals surface area contributed by atoms with E-state index in [-0.39, 0.29) is 19.0 Å². The van der Waals surface area contributed by atoms with Crippen LogP contribution in [-0.4, -0.2) is 75.6 Å². The average Bonchev–Trinajstić information content (AvgIpc) is 2.79. The van der Waals surface area contributed by atoms with Crippen LogP contribution in [0.2, 0.25) is 0 Å². The summed E-state index contributed by atoms with van der Waals surface area (Å²) in [6.45, 7) is 0.748. The van der Waals surface area contributed by atoms with Gasteiger partial charge in [-0.15, -0.1) is 0 Å². The topological polar surface area (TPSA) is 96.0 Å². The van der Waals surface area contributed by atoms with E-state index in [1.165, 1.54) is 11.9 Å². The minimum atomic E-state index is -3.56. The monoisotopic (exact) mass is 475 g/mol. The van der Waals surface area contributed by atoms with Crippen LogP contribution >= 0.6 is 0 Å². The van der Waals surface area contributed by atoms with E-state index in [2.05, 4.69) is 5.32 Å². The van der Waals surface area contributed by atoms with Crippen molar-refractivity contribution in [3.63, 3.8) is 0 Å². The first-order valence-electron chi connectivity index (χ1n) is 10.8. The smallest absolute Gasteiger partial charge is 0.243 e. The summed E-state index contributed by atoms with van der Waals surface area (Å²) in [6.07, 6.45) is 1.99. The Morgan fingerprint density at radius 3 is 2.12 bits per heavy atom. The quantitative estimate of drug-likeness (QED) is 0.445. The average molecular weight is 476 g/mol. The number of nitrogens with one attached hydrogen (secondary N) is 1. The summed E-state index contributed by atoms with van der Waals surface area (Å²) in [7, 11) is -0.610. The molecule has 2 aromatic rings. The summed E-state index contributed by atoms with van der Waals surface area (Å²) in [5.74, 6) is -0.735. The molecule has 9 heteroatoms. The van der Waals surface area contributed by atoms with Crippen molar-refractivity contribution in [1.82, 2.24) is 14.5 Å². The van der Waals surface area contributed by atoms with Crippen LogP contribution in [0.25, 0.3) is 0 Å². The molecule has 0 aliphatic rings. The molecule has 2 aromatic carbocycles. The van der Waals surface area contributed by atoms with Gasteiger partial charge in [0, 0.05) is 40.3 Å². The van der Waals surface area contributed by atoms with E-state index in [4.69, 9.17) is 4.74 Å². The number of sulfonamides is 1. The van der Waals surface area contributed by atoms with Crippen molar-refractivity contribution in [2.45, 2.75) is 25.4 Å². The highest BCUT2D eigenvalue weighted by Crippen LogP contribution is 2.15. The van der Waals surface area contributed by atoms with Gasteiger partial charge in [0.2, 0.25) is 21.8 Å². The van der Waals surface area contributed by atoms with Crippen LogP contribution in [0.3, 0.4) is 0 Å². The zero-order valence-electron chi connectivity index (χ0n) is 19.4. The van der Waals surface area contributed by atoms with Crippen molar-refractivity contribution in [3.05, 3.63) is 71.8 Å². The van der Waals surface area contributed by atoms with Crippen molar-refractivity contribution in [3.8, 4) is 0 Å². The Hall–Kier alpha value is -2.75. The van der Waals surface area contributed by atoms with Crippen LogP contribution in [0.5, 0.6) is 0 Å². The molecular weight excluding hydrogens is 442 g/mol. The van der Waals surface area contributed by atoms with Gasteiger partial charge in [0.1, 0.15) is 6.04 Å². The lowest BCUT2D eigenvalue weighted by molar-refractivity contribution is -0.141. The van der Waals surface area contributed by atoms with Crippen molar-refractivity contribution < 1.29 is 22.7 Å². The van der Waals surface area contributed by atoms with Gasteiger partial charge >= 0.3 is 0 Å². The second-order valence-corrected chi connectivity index (χ2v) is 9.96. The third-order valence-corrected chi connectivity index (χ3v) is 6.48. The highest BCUT2D eigenvalue weighted by Gasteiger charge is 2.31. The molecule has 0 aromatic heterocycles. The van der Waals surface area contributed by atoms with Crippen molar-refractivity contribution >= 4 is 21.8 Å². The fourth-order valence-corrected chi connectivity index (χ4v) is 3.62. The van der Waals surface area contributed by atoms with Gasteiger partial charge in [-0.1, -0.05) is 60.7 Å². The summed E-state index contributed by atoms with van der Waals surface area (Å²) in [5, 5.41) is 2.90. The van der Waals surface area contributed by atoms with E-state index in [0.29, 0.717) is 26.0 Å². The standard InChI is InChI=1S/C24H33N3O5S/c1-26(33(3,30)31)19-23(28)27(18-21-13-8-5-9-14-21)22(17-20-11-6-4-7-12-20)24(29)25-15-10-16-32-2/h4-9,11-14,22H,10,15-19H2,1-3H3,(H,25,29)/t22-/m1/s1. The van der Waals surface area contributed by atoms with Crippen LogP contribution in [0.1, 0.15) is 17.5 Å². The number of amides is 2. The molecule has 0 saturated heterocycles. The largest absolute Gasteiger partial charge is 0.385 e. The van der Waals surface area contributed by atoms with Gasteiger partial charge in [-0.25, -0.2) is 8.42 Å². The second kappa shape index (κ2) is 13.1. The van der Waals surface area contributed by atoms with Gasteiger partial charge in [0.15, 0.2) is 0 Å². The van der Waals surface area contributed by atoms with Gasteiger partial charge in [-0.05, 0) is 17.5 Å². The molecule has 180 valence electrons. The molecule has 0 spiro atoms. The molecule has 0 bridgehead atoms. The van der Waals surface area contributed by atoms with Gasteiger partial charge in [0.25, 0.3) is 0 Å². The lowest BCUT2D eigenvalue weighted by Crippen LogP contribution is -2.53. The molecule has 0 unspecified atom stereocenters. The first kappa shape index (κ1) is 26.5. The Morgan fingerprint density at radius 2 is 1.58 bits per heavy atom. The molecule has 33 heavy (non-hydrogen) atoms. The van der Waals surface area contributed by atoms with E-state index in [1.54, 1.807) is 7.11 Å². The number of hydrogen-bond acceptors (Lipinski definition) is 5. The van der Waals surface area contributed by atoms with Crippen LogP contribution in [-0.2, 0) is 37.3 Å². The predicted molar refractivity (Wildman–Crippen MR) is 128 cm³/mol. The van der Waals surface area contributed by atoms with Crippen molar-refractivity contribution in [2.75, 3.05) is 40.1 Å². The SMILES string of the molecule is COCCCNC(=O)[C@@H](Cc1ccccc1)N(Cc1ccccc1)C(=O)CN(C)S(C)(=O)=O. The molecular formula is C24H33N3O5S. The van der Waals surface area contributed by atoms with E-state index >= 15 is 0 Å². The number of carbonyl (C=O) groups excluding carboxylic acids is 2. The number of ether oxygens (including phenoxy) is 1. The minimum absolute atomic E-state index is 0.181. The fraction of sp³-hybridized carbons (Fsp3) is 0.417. The Labute approximate surface area is 196 Å². The number of rotatable bonds is 13. The molecule has 1 atom stereocenters. The lowest BCUT2D eigenvalue weighted by Gasteiger charge is -2.32. The first-order valence-corrected chi connectivity index (χ1v) is 12.6. The summed E-state index contributed by atoms with van der Waals surface area (Å²) >= 11 is 0. The van der Waals surface area contributed by atoms with Crippen LogP contribution in [0, 0.1) is 0 Å². The highest BCUT2D eigenvalue weighted by molar-refractivity contribution is 7.88. The molecule has 8 nitrogen and oxygen atoms in total. The zero-order chi connectivity index (χ0) is 24.3.